The van der Waals surface area contributed by atoms with Crippen molar-refractivity contribution in [3.8, 4) is 11.4 Å². The second-order valence-electron chi connectivity index (χ2n) is 9.49. The van der Waals surface area contributed by atoms with Crippen molar-refractivity contribution in [2.45, 2.75) is 52.5 Å². The van der Waals surface area contributed by atoms with Gasteiger partial charge in [-0.25, -0.2) is 9.78 Å². The molecule has 35 heavy (non-hydrogen) atoms. The van der Waals surface area contributed by atoms with Gasteiger partial charge in [0.1, 0.15) is 11.5 Å². The molecule has 3 rings (SSSR count). The Labute approximate surface area is 209 Å². The molecular weight excluding hydrogens is 442 g/mol. The number of carbonyl (C=O) groups excluding carboxylic acids is 1. The molecule has 0 spiro atoms. The molecule has 8 nitrogen and oxygen atoms in total. The number of likely N-dealkylation sites (N-methyl/N-ethyl adjacent to an activating group) is 1. The topological polar surface area (TPSA) is 81.9 Å². The van der Waals surface area contributed by atoms with Crippen LogP contribution in [0.3, 0.4) is 0 Å². The number of nitrogens with zero attached hydrogens (tertiary/aromatic N) is 5. The Morgan fingerprint density at radius 2 is 1.63 bits per heavy atom. The second-order valence-corrected chi connectivity index (χ2v) is 9.49. The molecule has 1 saturated heterocycles. The first-order valence-corrected chi connectivity index (χ1v) is 13.0. The SMILES string of the molecule is CCCCN(CCCC)C(=O)c1cn(CCCN2CCN(C)CC2)c(-c2ccccc2C(=O)O)n1. The third kappa shape index (κ3) is 7.39. The van der Waals surface area contributed by atoms with Gasteiger partial charge in [0.25, 0.3) is 5.91 Å². The second kappa shape index (κ2) is 13.4. The molecule has 192 valence electrons. The van der Waals surface area contributed by atoms with Crippen molar-refractivity contribution in [2.75, 3.05) is 52.9 Å². The number of unbranched alkanes of at least 4 members (excludes halogenated alkanes) is 2. The number of aryl methyl sites for hydroxylation is 1. The Bertz CT molecular complexity index is 957. The molecule has 1 fully saturated rings. The molecule has 0 unspecified atom stereocenters. The van der Waals surface area contributed by atoms with Crippen LogP contribution in [0.4, 0.5) is 0 Å². The molecule has 2 heterocycles. The zero-order valence-electron chi connectivity index (χ0n) is 21.6. The quantitative estimate of drug-likeness (QED) is 0.465. The van der Waals surface area contributed by atoms with Gasteiger partial charge in [-0.05, 0) is 38.9 Å². The Kier molecular flexibility index (Phi) is 10.3. The first-order chi connectivity index (χ1) is 16.9. The van der Waals surface area contributed by atoms with E-state index in [0.717, 1.165) is 64.8 Å². The number of piperazine rings is 1. The normalized spacial score (nSPS) is 14.8. The number of aromatic carboxylic acids is 1. The average molecular weight is 484 g/mol. The summed E-state index contributed by atoms with van der Waals surface area (Å²) < 4.78 is 1.98. The lowest BCUT2D eigenvalue weighted by atomic mass is 10.1. The number of hydrogen-bond donors (Lipinski definition) is 1. The molecule has 1 aromatic carbocycles. The van der Waals surface area contributed by atoms with Gasteiger partial charge in [0.2, 0.25) is 0 Å². The van der Waals surface area contributed by atoms with Gasteiger partial charge < -0.3 is 24.4 Å². The summed E-state index contributed by atoms with van der Waals surface area (Å²) in [5, 5.41) is 9.76. The number of hydrogen-bond acceptors (Lipinski definition) is 5. The maximum atomic E-state index is 13.4. The third-order valence-corrected chi connectivity index (χ3v) is 6.71. The van der Waals surface area contributed by atoms with Crippen molar-refractivity contribution in [3.05, 3.63) is 41.7 Å². The largest absolute Gasteiger partial charge is 0.478 e. The predicted molar refractivity (Wildman–Crippen MR) is 139 cm³/mol. The number of benzene rings is 1. The Morgan fingerprint density at radius 3 is 2.26 bits per heavy atom. The highest BCUT2D eigenvalue weighted by molar-refractivity contribution is 5.96. The van der Waals surface area contributed by atoms with E-state index in [9.17, 15) is 14.7 Å². The Balaban J connectivity index is 1.86. The number of imidazole rings is 1. The van der Waals surface area contributed by atoms with Crippen LogP contribution in [0.15, 0.2) is 30.5 Å². The number of rotatable bonds is 13. The lowest BCUT2D eigenvalue weighted by molar-refractivity contribution is 0.0696. The van der Waals surface area contributed by atoms with E-state index < -0.39 is 5.97 Å². The van der Waals surface area contributed by atoms with E-state index in [4.69, 9.17) is 4.98 Å². The maximum absolute atomic E-state index is 13.4. The monoisotopic (exact) mass is 483 g/mol. The van der Waals surface area contributed by atoms with E-state index in [2.05, 4.69) is 30.7 Å². The predicted octanol–water partition coefficient (Wildman–Crippen LogP) is 3.93. The number of carboxylic acids is 1. The lowest BCUT2D eigenvalue weighted by Crippen LogP contribution is -2.44. The van der Waals surface area contributed by atoms with E-state index >= 15 is 0 Å². The van der Waals surface area contributed by atoms with E-state index in [1.54, 1.807) is 18.2 Å². The summed E-state index contributed by atoms with van der Waals surface area (Å²) in [5.74, 6) is -0.512. The van der Waals surface area contributed by atoms with Gasteiger partial charge in [0.05, 0.1) is 5.56 Å². The first kappa shape index (κ1) is 26.9. The van der Waals surface area contributed by atoms with Gasteiger partial charge in [0.15, 0.2) is 0 Å². The van der Waals surface area contributed by atoms with Crippen LogP contribution in [-0.4, -0.2) is 94.1 Å². The van der Waals surface area contributed by atoms with Gasteiger partial charge in [-0.2, -0.15) is 0 Å². The fraction of sp³-hybridized carbons (Fsp3) is 0.593. The lowest BCUT2D eigenvalue weighted by Gasteiger charge is -2.32. The van der Waals surface area contributed by atoms with Gasteiger partial charge in [0, 0.05) is 57.6 Å². The highest BCUT2D eigenvalue weighted by Crippen LogP contribution is 2.25. The number of carbonyl (C=O) groups is 2. The molecule has 1 aromatic heterocycles. The molecular formula is C27H41N5O3. The summed E-state index contributed by atoms with van der Waals surface area (Å²) in [4.78, 5) is 36.8. The van der Waals surface area contributed by atoms with Crippen molar-refractivity contribution < 1.29 is 14.7 Å². The summed E-state index contributed by atoms with van der Waals surface area (Å²) in [6.45, 7) is 11.6. The third-order valence-electron chi connectivity index (χ3n) is 6.71. The highest BCUT2D eigenvalue weighted by atomic mass is 16.4. The van der Waals surface area contributed by atoms with Crippen molar-refractivity contribution in [2.24, 2.45) is 0 Å². The van der Waals surface area contributed by atoms with Crippen molar-refractivity contribution in [3.63, 3.8) is 0 Å². The minimum atomic E-state index is -0.993. The van der Waals surface area contributed by atoms with Crippen LogP contribution in [0, 0.1) is 0 Å². The van der Waals surface area contributed by atoms with Crippen molar-refractivity contribution in [1.29, 1.82) is 0 Å². The van der Waals surface area contributed by atoms with Crippen LogP contribution >= 0.6 is 0 Å². The van der Waals surface area contributed by atoms with Crippen molar-refractivity contribution in [1.82, 2.24) is 24.3 Å². The average Bonchev–Trinajstić information content (AvgIpc) is 3.29. The van der Waals surface area contributed by atoms with Gasteiger partial charge in [-0.1, -0.05) is 44.9 Å². The van der Waals surface area contributed by atoms with Gasteiger partial charge in [-0.15, -0.1) is 0 Å². The fourth-order valence-corrected chi connectivity index (χ4v) is 4.48. The minimum absolute atomic E-state index is 0.0706. The summed E-state index contributed by atoms with van der Waals surface area (Å²) in [6, 6.07) is 6.92. The zero-order valence-corrected chi connectivity index (χ0v) is 21.6. The Hall–Kier alpha value is -2.71. The molecule has 0 atom stereocenters. The zero-order chi connectivity index (χ0) is 25.2. The van der Waals surface area contributed by atoms with Crippen LogP contribution in [0.1, 0.15) is 66.8 Å². The van der Waals surface area contributed by atoms with E-state index in [0.29, 0.717) is 36.7 Å². The summed E-state index contributed by atoms with van der Waals surface area (Å²) in [5.41, 5.74) is 1.14. The van der Waals surface area contributed by atoms with Crippen LogP contribution < -0.4 is 0 Å². The van der Waals surface area contributed by atoms with E-state index in [1.165, 1.54) is 0 Å². The number of aromatic nitrogens is 2. The molecule has 0 radical (unpaired) electrons. The summed E-state index contributed by atoms with van der Waals surface area (Å²) in [7, 11) is 2.15. The van der Waals surface area contributed by atoms with Crippen LogP contribution in [-0.2, 0) is 6.54 Å². The standard InChI is InChI=1S/C27H41N5O3/c1-4-6-14-31(15-7-5-2)26(33)24-21-32(16-10-13-30-19-17-29(3)18-20-30)25(28-24)22-11-8-9-12-23(22)27(34)35/h8-9,11-12,21H,4-7,10,13-20H2,1-3H3,(H,34,35). The van der Waals surface area contributed by atoms with Crippen LogP contribution in [0.5, 0.6) is 0 Å². The Morgan fingerprint density at radius 1 is 0.971 bits per heavy atom. The molecule has 2 aromatic rings. The molecule has 0 aliphatic carbocycles. The molecule has 1 amide bonds. The first-order valence-electron chi connectivity index (χ1n) is 13.0. The van der Waals surface area contributed by atoms with Crippen LogP contribution in [0.2, 0.25) is 0 Å². The van der Waals surface area contributed by atoms with Gasteiger partial charge in [-0.3, -0.25) is 4.79 Å². The fourth-order valence-electron chi connectivity index (χ4n) is 4.48. The number of carboxylic acid groups (broad SMARTS) is 1. The molecule has 8 heteroatoms. The van der Waals surface area contributed by atoms with E-state index in [1.807, 2.05) is 21.7 Å². The van der Waals surface area contributed by atoms with Gasteiger partial charge >= 0.3 is 5.97 Å². The molecule has 0 bridgehead atoms. The molecule has 1 aliphatic heterocycles. The smallest absolute Gasteiger partial charge is 0.336 e. The highest BCUT2D eigenvalue weighted by Gasteiger charge is 2.23. The van der Waals surface area contributed by atoms with E-state index in [-0.39, 0.29) is 11.5 Å². The van der Waals surface area contributed by atoms with Crippen molar-refractivity contribution >= 4 is 11.9 Å². The summed E-state index contributed by atoms with van der Waals surface area (Å²) >= 11 is 0. The van der Waals surface area contributed by atoms with Crippen LogP contribution in [0.25, 0.3) is 11.4 Å². The maximum Gasteiger partial charge on any atom is 0.336 e. The molecule has 0 saturated carbocycles. The summed E-state index contributed by atoms with van der Waals surface area (Å²) in [6.07, 6.45) is 6.68. The minimum Gasteiger partial charge on any atom is -0.478 e. The molecule has 1 aliphatic rings. The molecule has 1 N–H and O–H groups in total. The number of amides is 1.